The van der Waals surface area contributed by atoms with Crippen molar-refractivity contribution >= 4 is 29.1 Å². The Labute approximate surface area is 182 Å². The van der Waals surface area contributed by atoms with Crippen molar-refractivity contribution in [1.29, 1.82) is 0 Å². The van der Waals surface area contributed by atoms with Crippen molar-refractivity contribution in [3.05, 3.63) is 59.9 Å². The second kappa shape index (κ2) is 11.8. The summed E-state index contributed by atoms with van der Waals surface area (Å²) in [6, 6.07) is 12.6. The second-order valence-electron chi connectivity index (χ2n) is 7.38. The molecule has 0 aliphatic heterocycles. The number of benzene rings is 2. The SMILES string of the molecule is CC[NH+](CC(=O)Nc1ccc(NC(C)=O)cc1)[C@@H](C)C(=O)NCCc1ccc(F)cc1. The van der Waals surface area contributed by atoms with Crippen molar-refractivity contribution in [2.45, 2.75) is 33.2 Å². The van der Waals surface area contributed by atoms with Crippen molar-refractivity contribution in [1.82, 2.24) is 5.32 Å². The highest BCUT2D eigenvalue weighted by Crippen LogP contribution is 2.13. The molecule has 2 aromatic carbocycles. The van der Waals surface area contributed by atoms with E-state index >= 15 is 0 Å². The van der Waals surface area contributed by atoms with Gasteiger partial charge in [0.25, 0.3) is 11.8 Å². The van der Waals surface area contributed by atoms with Crippen LogP contribution in [0.5, 0.6) is 0 Å². The molecule has 0 heterocycles. The first kappa shape index (κ1) is 24.0. The van der Waals surface area contributed by atoms with E-state index in [2.05, 4.69) is 16.0 Å². The third-order valence-electron chi connectivity index (χ3n) is 4.96. The summed E-state index contributed by atoms with van der Waals surface area (Å²) >= 11 is 0. The highest BCUT2D eigenvalue weighted by Gasteiger charge is 2.25. The molecule has 3 amide bonds. The molecule has 1 unspecified atom stereocenters. The van der Waals surface area contributed by atoms with Gasteiger partial charge in [-0.1, -0.05) is 12.1 Å². The molecule has 0 saturated carbocycles. The zero-order chi connectivity index (χ0) is 22.8. The highest BCUT2D eigenvalue weighted by atomic mass is 19.1. The Morgan fingerprint density at radius 1 is 0.968 bits per heavy atom. The predicted molar refractivity (Wildman–Crippen MR) is 118 cm³/mol. The third-order valence-corrected chi connectivity index (χ3v) is 4.96. The molecule has 31 heavy (non-hydrogen) atoms. The van der Waals surface area contributed by atoms with Crippen LogP contribution in [0.4, 0.5) is 15.8 Å². The standard InChI is InChI=1S/C23H29FN4O3/c1-4-28(15-22(30)27-21-11-9-20(10-12-21)26-17(3)29)16(2)23(31)25-14-13-18-5-7-19(24)8-6-18/h5-12,16H,4,13-15H2,1-3H3,(H,25,31)(H,26,29)(H,27,30)/p+1/t16-/m0/s1. The lowest BCUT2D eigenvalue weighted by atomic mass is 10.1. The minimum absolute atomic E-state index is 0.133. The first-order valence-corrected chi connectivity index (χ1v) is 10.3. The average molecular weight is 430 g/mol. The number of likely N-dealkylation sites (N-methyl/N-ethyl adjacent to an activating group) is 1. The predicted octanol–water partition coefficient (Wildman–Crippen LogP) is 1.37. The van der Waals surface area contributed by atoms with E-state index in [1.54, 1.807) is 43.3 Å². The van der Waals surface area contributed by atoms with Crippen molar-refractivity contribution in [2.24, 2.45) is 0 Å². The van der Waals surface area contributed by atoms with Crippen molar-refractivity contribution in [2.75, 3.05) is 30.3 Å². The largest absolute Gasteiger partial charge is 0.351 e. The van der Waals surface area contributed by atoms with Gasteiger partial charge in [0.15, 0.2) is 12.6 Å². The molecule has 7 nitrogen and oxygen atoms in total. The maximum absolute atomic E-state index is 13.0. The van der Waals surface area contributed by atoms with Gasteiger partial charge in [-0.2, -0.15) is 0 Å². The summed E-state index contributed by atoms with van der Waals surface area (Å²) in [5.41, 5.74) is 2.21. The normalized spacial score (nSPS) is 12.5. The van der Waals surface area contributed by atoms with E-state index < -0.39 is 6.04 Å². The van der Waals surface area contributed by atoms with Gasteiger partial charge in [0.1, 0.15) is 5.82 Å². The van der Waals surface area contributed by atoms with Crippen LogP contribution < -0.4 is 20.9 Å². The smallest absolute Gasteiger partial charge is 0.279 e. The summed E-state index contributed by atoms with van der Waals surface area (Å²) in [4.78, 5) is 36.8. The van der Waals surface area contributed by atoms with Crippen LogP contribution in [-0.2, 0) is 20.8 Å². The topological polar surface area (TPSA) is 91.7 Å². The number of nitrogens with one attached hydrogen (secondary N) is 4. The first-order valence-electron chi connectivity index (χ1n) is 10.3. The number of amides is 3. The molecule has 0 aliphatic carbocycles. The van der Waals surface area contributed by atoms with Crippen LogP contribution in [0.3, 0.4) is 0 Å². The quantitative estimate of drug-likeness (QED) is 0.460. The maximum atomic E-state index is 13.0. The van der Waals surface area contributed by atoms with Gasteiger partial charge in [0.05, 0.1) is 6.54 Å². The zero-order valence-corrected chi connectivity index (χ0v) is 18.1. The summed E-state index contributed by atoms with van der Waals surface area (Å²) in [5, 5.41) is 8.37. The van der Waals surface area contributed by atoms with Crippen molar-refractivity contribution < 1.29 is 23.7 Å². The van der Waals surface area contributed by atoms with Gasteiger partial charge in [-0.3, -0.25) is 14.4 Å². The molecule has 2 rings (SSSR count). The number of halogens is 1. The number of carbonyl (C=O) groups is 3. The Hall–Kier alpha value is -3.26. The molecule has 2 atom stereocenters. The Morgan fingerprint density at radius 2 is 1.55 bits per heavy atom. The van der Waals surface area contributed by atoms with E-state index in [1.165, 1.54) is 19.1 Å². The number of quaternary nitrogens is 1. The first-order chi connectivity index (χ1) is 14.8. The van der Waals surface area contributed by atoms with E-state index in [4.69, 9.17) is 0 Å². The number of carbonyl (C=O) groups excluding carboxylic acids is 3. The maximum Gasteiger partial charge on any atom is 0.279 e. The lowest BCUT2D eigenvalue weighted by molar-refractivity contribution is -0.904. The molecule has 166 valence electrons. The van der Waals surface area contributed by atoms with Crippen LogP contribution >= 0.6 is 0 Å². The molecule has 0 spiro atoms. The van der Waals surface area contributed by atoms with Crippen LogP contribution in [-0.4, -0.2) is 43.4 Å². The fraction of sp³-hybridized carbons (Fsp3) is 0.348. The van der Waals surface area contributed by atoms with Gasteiger partial charge in [-0.05, 0) is 62.2 Å². The lowest BCUT2D eigenvalue weighted by Gasteiger charge is -2.23. The fourth-order valence-corrected chi connectivity index (χ4v) is 3.16. The van der Waals surface area contributed by atoms with Gasteiger partial charge in [0.2, 0.25) is 5.91 Å². The van der Waals surface area contributed by atoms with Crippen LogP contribution in [0.15, 0.2) is 48.5 Å². The van der Waals surface area contributed by atoms with Gasteiger partial charge >= 0.3 is 0 Å². The lowest BCUT2D eigenvalue weighted by Crippen LogP contribution is -3.17. The van der Waals surface area contributed by atoms with Crippen molar-refractivity contribution in [3.8, 4) is 0 Å². The number of rotatable bonds is 10. The fourth-order valence-electron chi connectivity index (χ4n) is 3.16. The Kier molecular flexibility index (Phi) is 9.14. The molecule has 0 saturated heterocycles. The Balaban J connectivity index is 1.81. The van der Waals surface area contributed by atoms with Crippen LogP contribution in [0.2, 0.25) is 0 Å². The Bertz CT molecular complexity index is 885. The Morgan fingerprint density at radius 3 is 2.10 bits per heavy atom. The number of hydrogen-bond donors (Lipinski definition) is 4. The van der Waals surface area contributed by atoms with Crippen LogP contribution in [0.25, 0.3) is 0 Å². The van der Waals surface area contributed by atoms with E-state index in [9.17, 15) is 18.8 Å². The highest BCUT2D eigenvalue weighted by molar-refractivity contribution is 5.93. The average Bonchev–Trinajstić information content (AvgIpc) is 2.74. The monoisotopic (exact) mass is 429 g/mol. The molecule has 0 fully saturated rings. The zero-order valence-electron chi connectivity index (χ0n) is 18.1. The molecule has 0 bridgehead atoms. The van der Waals surface area contributed by atoms with E-state index in [-0.39, 0.29) is 30.1 Å². The molecule has 0 aliphatic rings. The molecular weight excluding hydrogens is 399 g/mol. The van der Waals surface area contributed by atoms with Gasteiger partial charge < -0.3 is 20.9 Å². The minimum atomic E-state index is -0.397. The summed E-state index contributed by atoms with van der Waals surface area (Å²) in [6.45, 7) is 6.35. The summed E-state index contributed by atoms with van der Waals surface area (Å²) < 4.78 is 13.0. The van der Waals surface area contributed by atoms with Gasteiger partial charge in [-0.15, -0.1) is 0 Å². The third kappa shape index (κ3) is 8.18. The molecular formula is C23H30FN4O3+. The summed E-state index contributed by atoms with van der Waals surface area (Å²) in [5.74, 6) is -0.782. The molecule has 8 heteroatoms. The second-order valence-corrected chi connectivity index (χ2v) is 7.38. The summed E-state index contributed by atoms with van der Waals surface area (Å²) in [6.07, 6.45) is 0.606. The van der Waals surface area contributed by atoms with Crippen molar-refractivity contribution in [3.63, 3.8) is 0 Å². The van der Waals surface area contributed by atoms with Crippen LogP contribution in [0, 0.1) is 5.82 Å². The molecule has 0 radical (unpaired) electrons. The molecule has 0 aromatic heterocycles. The molecule has 2 aromatic rings. The van der Waals surface area contributed by atoms with E-state index in [1.807, 2.05) is 6.92 Å². The minimum Gasteiger partial charge on any atom is -0.351 e. The van der Waals surface area contributed by atoms with Gasteiger partial charge in [-0.25, -0.2) is 4.39 Å². The number of anilines is 2. The van der Waals surface area contributed by atoms with Crippen LogP contribution in [0.1, 0.15) is 26.3 Å². The van der Waals surface area contributed by atoms with E-state index in [0.717, 1.165) is 10.5 Å². The number of hydrogen-bond acceptors (Lipinski definition) is 3. The van der Waals surface area contributed by atoms with Gasteiger partial charge in [0, 0.05) is 24.8 Å². The van der Waals surface area contributed by atoms with E-state index in [0.29, 0.717) is 30.9 Å². The summed E-state index contributed by atoms with van der Waals surface area (Å²) in [7, 11) is 0. The molecule has 4 N–H and O–H groups in total.